The van der Waals surface area contributed by atoms with Crippen molar-refractivity contribution in [2.75, 3.05) is 0 Å². The molecule has 0 aliphatic rings. The average Bonchev–Trinajstić information content (AvgIpc) is 2.44. The second-order valence-electron chi connectivity index (χ2n) is 3.80. The lowest BCUT2D eigenvalue weighted by Crippen LogP contribution is -1.89. The smallest absolute Gasteiger partial charge is 0.142 e. The minimum atomic E-state index is 0.316. The Morgan fingerprint density at radius 3 is 2.68 bits per heavy atom. The number of halogens is 1. The standard InChI is InChI=1S/C15H10BrN2O/c16-15-6-2-4-13(8-15)10-18-19-11-14-5-1-3-12(7-14)9-17/h1-8H,11H2. The maximum Gasteiger partial charge on any atom is 0.142 e. The number of benzene rings is 2. The molecule has 3 nitrogen and oxygen atoms in total. The first-order chi connectivity index (χ1) is 9.28. The Hall–Kier alpha value is -2.12. The van der Waals surface area contributed by atoms with E-state index in [2.05, 4.69) is 33.4 Å². The summed E-state index contributed by atoms with van der Waals surface area (Å²) in [5.74, 6) is 0. The van der Waals surface area contributed by atoms with E-state index in [4.69, 9.17) is 10.1 Å². The van der Waals surface area contributed by atoms with Crippen molar-refractivity contribution < 1.29 is 4.84 Å². The minimum absolute atomic E-state index is 0.316. The fourth-order valence-corrected chi connectivity index (χ4v) is 1.88. The van der Waals surface area contributed by atoms with Crippen LogP contribution in [0.1, 0.15) is 16.7 Å². The molecule has 2 rings (SSSR count). The van der Waals surface area contributed by atoms with Gasteiger partial charge in [-0.25, -0.2) is 0 Å². The molecule has 0 spiro atoms. The van der Waals surface area contributed by atoms with Crippen LogP contribution in [0.4, 0.5) is 0 Å². The van der Waals surface area contributed by atoms with E-state index in [0.29, 0.717) is 12.2 Å². The van der Waals surface area contributed by atoms with Crippen molar-refractivity contribution in [2.45, 2.75) is 6.61 Å². The number of rotatable bonds is 4. The second-order valence-corrected chi connectivity index (χ2v) is 4.71. The molecule has 1 radical (unpaired) electrons. The van der Waals surface area contributed by atoms with Crippen LogP contribution in [-0.4, -0.2) is 6.21 Å². The van der Waals surface area contributed by atoms with E-state index in [9.17, 15) is 0 Å². The van der Waals surface area contributed by atoms with Gasteiger partial charge in [-0.15, -0.1) is 0 Å². The largest absolute Gasteiger partial charge is 0.390 e. The van der Waals surface area contributed by atoms with Crippen LogP contribution in [0.5, 0.6) is 0 Å². The Morgan fingerprint density at radius 2 is 1.89 bits per heavy atom. The predicted octanol–water partition coefficient (Wildman–Crippen LogP) is 3.75. The van der Waals surface area contributed by atoms with Crippen LogP contribution in [0.15, 0.2) is 58.2 Å². The van der Waals surface area contributed by atoms with Gasteiger partial charge in [0.05, 0.1) is 11.6 Å². The van der Waals surface area contributed by atoms with Crippen LogP contribution in [0.3, 0.4) is 0 Å². The number of hydrogen-bond acceptors (Lipinski definition) is 3. The maximum absolute atomic E-state index is 8.78. The van der Waals surface area contributed by atoms with Crippen molar-refractivity contribution in [3.63, 3.8) is 0 Å². The van der Waals surface area contributed by atoms with Gasteiger partial charge in [-0.05, 0) is 29.8 Å². The van der Waals surface area contributed by atoms with Crippen molar-refractivity contribution in [3.05, 3.63) is 69.7 Å². The summed E-state index contributed by atoms with van der Waals surface area (Å²) in [6.45, 7) is 0.316. The van der Waals surface area contributed by atoms with Gasteiger partial charge >= 0.3 is 0 Å². The molecular weight excluding hydrogens is 304 g/mol. The fraction of sp³-hybridized carbons (Fsp3) is 0.0667. The normalized spacial score (nSPS) is 10.3. The first-order valence-corrected chi connectivity index (χ1v) is 6.40. The summed E-state index contributed by atoms with van der Waals surface area (Å²) in [4.78, 5) is 5.15. The van der Waals surface area contributed by atoms with Gasteiger partial charge in [0.1, 0.15) is 12.8 Å². The van der Waals surface area contributed by atoms with Crippen LogP contribution >= 0.6 is 15.9 Å². The highest BCUT2D eigenvalue weighted by Gasteiger charge is 1.95. The molecule has 0 saturated carbocycles. The zero-order valence-corrected chi connectivity index (χ0v) is 11.6. The van der Waals surface area contributed by atoms with E-state index in [1.165, 1.54) is 0 Å². The molecule has 0 fully saturated rings. The summed E-state index contributed by atoms with van der Waals surface area (Å²) in [7, 11) is 0. The quantitative estimate of drug-likeness (QED) is 0.637. The molecule has 0 aromatic heterocycles. The molecule has 4 heteroatoms. The Balaban J connectivity index is 1.91. The Kier molecular flexibility index (Phi) is 4.71. The van der Waals surface area contributed by atoms with Crippen molar-refractivity contribution in [3.8, 4) is 6.07 Å². The summed E-state index contributed by atoms with van der Waals surface area (Å²) in [6, 6.07) is 16.9. The van der Waals surface area contributed by atoms with E-state index < -0.39 is 0 Å². The molecule has 93 valence electrons. The topological polar surface area (TPSA) is 45.4 Å². The van der Waals surface area contributed by atoms with Gasteiger partial charge in [-0.1, -0.05) is 45.4 Å². The predicted molar refractivity (Wildman–Crippen MR) is 76.6 cm³/mol. The molecule has 19 heavy (non-hydrogen) atoms. The zero-order chi connectivity index (χ0) is 13.5. The molecule has 0 aliphatic carbocycles. The lowest BCUT2D eigenvalue weighted by Gasteiger charge is -1.99. The summed E-state index contributed by atoms with van der Waals surface area (Å²) in [6.07, 6.45) is 2.79. The molecule has 0 N–H and O–H groups in total. The fourth-order valence-electron chi connectivity index (χ4n) is 1.48. The van der Waals surface area contributed by atoms with Gasteiger partial charge in [0, 0.05) is 10.0 Å². The molecule has 0 heterocycles. The van der Waals surface area contributed by atoms with Gasteiger partial charge < -0.3 is 4.84 Å². The minimum Gasteiger partial charge on any atom is -0.390 e. The Bertz CT molecular complexity index is 632. The third kappa shape index (κ3) is 4.23. The number of nitrogens with zero attached hydrogens (tertiary/aromatic N) is 2. The molecular formula is C15H10BrN2O. The lowest BCUT2D eigenvalue weighted by atomic mass is 10.1. The van der Waals surface area contributed by atoms with Crippen molar-refractivity contribution in [1.82, 2.24) is 0 Å². The van der Waals surface area contributed by atoms with E-state index in [1.807, 2.05) is 36.4 Å². The molecule has 2 aromatic carbocycles. The highest BCUT2D eigenvalue weighted by Crippen LogP contribution is 2.10. The Labute approximate surface area is 120 Å². The molecule has 2 aromatic rings. The molecule has 0 aliphatic heterocycles. The molecule has 0 amide bonds. The van der Waals surface area contributed by atoms with E-state index in [1.54, 1.807) is 12.1 Å². The Morgan fingerprint density at radius 1 is 1.11 bits per heavy atom. The van der Waals surface area contributed by atoms with Gasteiger partial charge in [0.25, 0.3) is 0 Å². The molecule has 0 atom stereocenters. The van der Waals surface area contributed by atoms with Crippen LogP contribution < -0.4 is 0 Å². The second kappa shape index (κ2) is 6.72. The van der Waals surface area contributed by atoms with Crippen molar-refractivity contribution in [2.24, 2.45) is 5.16 Å². The van der Waals surface area contributed by atoms with Gasteiger partial charge in [0.15, 0.2) is 0 Å². The van der Waals surface area contributed by atoms with Crippen molar-refractivity contribution >= 4 is 22.1 Å². The highest BCUT2D eigenvalue weighted by molar-refractivity contribution is 9.10. The van der Waals surface area contributed by atoms with Crippen LogP contribution in [0.2, 0.25) is 0 Å². The van der Waals surface area contributed by atoms with Crippen LogP contribution in [-0.2, 0) is 11.4 Å². The van der Waals surface area contributed by atoms with Gasteiger partial charge in [-0.2, -0.15) is 5.26 Å². The lowest BCUT2D eigenvalue weighted by molar-refractivity contribution is 0.132. The van der Waals surface area contributed by atoms with E-state index in [-0.39, 0.29) is 0 Å². The van der Waals surface area contributed by atoms with Gasteiger partial charge in [0.2, 0.25) is 0 Å². The van der Waals surface area contributed by atoms with E-state index in [0.717, 1.165) is 15.6 Å². The molecule has 0 bridgehead atoms. The summed E-state index contributed by atoms with van der Waals surface area (Å²) in [5.41, 5.74) is 2.35. The average molecular weight is 314 g/mol. The van der Waals surface area contributed by atoms with Gasteiger partial charge in [-0.3, -0.25) is 0 Å². The first-order valence-electron chi connectivity index (χ1n) is 5.60. The third-order valence-electron chi connectivity index (χ3n) is 2.35. The van der Waals surface area contributed by atoms with Crippen LogP contribution in [0.25, 0.3) is 0 Å². The molecule has 0 unspecified atom stereocenters. The summed E-state index contributed by atoms with van der Waals surface area (Å²) >= 11 is 3.37. The summed E-state index contributed by atoms with van der Waals surface area (Å²) in [5, 5.41) is 12.6. The van der Waals surface area contributed by atoms with Crippen LogP contribution in [0, 0.1) is 11.3 Å². The first kappa shape index (κ1) is 13.3. The zero-order valence-electron chi connectivity index (χ0n) is 10.0. The van der Waals surface area contributed by atoms with E-state index >= 15 is 0 Å². The maximum atomic E-state index is 8.78. The number of hydrogen-bond donors (Lipinski definition) is 0. The van der Waals surface area contributed by atoms with Crippen molar-refractivity contribution in [1.29, 1.82) is 5.26 Å². The molecule has 0 saturated heterocycles. The monoisotopic (exact) mass is 313 g/mol. The SMILES string of the molecule is N#Cc1cccc(CO/N=[C]\c2cccc(Br)c2)c1. The summed E-state index contributed by atoms with van der Waals surface area (Å²) < 4.78 is 0.967. The third-order valence-corrected chi connectivity index (χ3v) is 2.84. The number of nitriles is 1. The highest BCUT2D eigenvalue weighted by atomic mass is 79.9.